The molecule has 1 aliphatic heterocycles. The van der Waals surface area contributed by atoms with E-state index in [1.807, 2.05) is 0 Å². The Labute approximate surface area is 173 Å². The van der Waals surface area contributed by atoms with E-state index < -0.39 is 26.9 Å². The molecule has 2 N–H and O–H groups in total. The standard InChI is InChI=1S/C17H23ClN4O6S/c1-3-19-16(23)11(2)20-17(24)12-6-8-21(9-7-12)29(27,28)15-10-13(22(25)26)4-5-14(15)18/h4-5,10-12H,3,6-9H2,1-2H3,(H,19,23)(H,20,24). The Morgan fingerprint density at radius 2 is 1.97 bits per heavy atom. The van der Waals surface area contributed by atoms with Gasteiger partial charge in [-0.15, -0.1) is 0 Å². The minimum absolute atomic E-state index is 0.0645. The number of hydrogen-bond acceptors (Lipinski definition) is 6. The smallest absolute Gasteiger partial charge is 0.270 e. The fourth-order valence-corrected chi connectivity index (χ4v) is 4.99. The quantitative estimate of drug-likeness (QED) is 0.478. The zero-order valence-electron chi connectivity index (χ0n) is 16.1. The SMILES string of the molecule is CCNC(=O)C(C)NC(=O)C1CCN(S(=O)(=O)c2cc([N+](=O)[O-])ccc2Cl)CC1. The molecule has 0 bridgehead atoms. The number of carbonyl (C=O) groups excluding carboxylic acids is 2. The van der Waals surface area contributed by atoms with E-state index in [1.54, 1.807) is 13.8 Å². The van der Waals surface area contributed by atoms with Crippen LogP contribution in [0.5, 0.6) is 0 Å². The van der Waals surface area contributed by atoms with Crippen molar-refractivity contribution in [3.05, 3.63) is 33.3 Å². The molecule has 1 aromatic rings. The number of nitro groups is 1. The average Bonchev–Trinajstić information content (AvgIpc) is 2.68. The molecule has 10 nitrogen and oxygen atoms in total. The second-order valence-corrected chi connectivity index (χ2v) is 8.99. The number of non-ortho nitro benzene ring substituents is 1. The molecule has 160 valence electrons. The molecule has 1 unspecified atom stereocenters. The van der Waals surface area contributed by atoms with Gasteiger partial charge in [0.2, 0.25) is 21.8 Å². The minimum atomic E-state index is -4.04. The maximum atomic E-state index is 12.9. The molecular weight excluding hydrogens is 424 g/mol. The Morgan fingerprint density at radius 3 is 2.52 bits per heavy atom. The van der Waals surface area contributed by atoms with Crippen LogP contribution in [0.15, 0.2) is 23.1 Å². The lowest BCUT2D eigenvalue weighted by molar-refractivity contribution is -0.385. The van der Waals surface area contributed by atoms with Crippen molar-refractivity contribution >= 4 is 39.1 Å². The van der Waals surface area contributed by atoms with Crippen molar-refractivity contribution in [1.29, 1.82) is 0 Å². The van der Waals surface area contributed by atoms with Gasteiger partial charge in [-0.3, -0.25) is 19.7 Å². The van der Waals surface area contributed by atoms with Gasteiger partial charge in [-0.1, -0.05) is 11.6 Å². The van der Waals surface area contributed by atoms with Crippen LogP contribution in [0.2, 0.25) is 5.02 Å². The summed E-state index contributed by atoms with van der Waals surface area (Å²) in [5, 5.41) is 16.1. The zero-order valence-corrected chi connectivity index (χ0v) is 17.6. The van der Waals surface area contributed by atoms with E-state index in [9.17, 15) is 28.1 Å². The van der Waals surface area contributed by atoms with E-state index in [4.69, 9.17) is 11.6 Å². The molecule has 2 amide bonds. The van der Waals surface area contributed by atoms with Gasteiger partial charge in [0, 0.05) is 37.7 Å². The molecule has 29 heavy (non-hydrogen) atoms. The van der Waals surface area contributed by atoms with Crippen LogP contribution in [0.1, 0.15) is 26.7 Å². The lowest BCUT2D eigenvalue weighted by atomic mass is 9.97. The number of rotatable bonds is 7. The third kappa shape index (κ3) is 5.43. The third-order valence-electron chi connectivity index (χ3n) is 4.67. The van der Waals surface area contributed by atoms with Crippen molar-refractivity contribution in [3.8, 4) is 0 Å². The van der Waals surface area contributed by atoms with Crippen molar-refractivity contribution in [2.45, 2.75) is 37.6 Å². The third-order valence-corrected chi connectivity index (χ3v) is 7.05. The summed E-state index contributed by atoms with van der Waals surface area (Å²) < 4.78 is 26.9. The molecule has 0 aliphatic carbocycles. The summed E-state index contributed by atoms with van der Waals surface area (Å²) in [4.78, 5) is 34.0. The van der Waals surface area contributed by atoms with Gasteiger partial charge in [-0.25, -0.2) is 8.42 Å². The molecule has 2 rings (SSSR count). The van der Waals surface area contributed by atoms with E-state index >= 15 is 0 Å². The molecule has 0 aromatic heterocycles. The van der Waals surface area contributed by atoms with Crippen LogP contribution >= 0.6 is 11.6 Å². The first-order chi connectivity index (χ1) is 13.6. The molecule has 1 heterocycles. The Kier molecular flexibility index (Phi) is 7.55. The molecule has 0 radical (unpaired) electrons. The van der Waals surface area contributed by atoms with Gasteiger partial charge in [0.1, 0.15) is 10.9 Å². The van der Waals surface area contributed by atoms with E-state index in [0.717, 1.165) is 16.4 Å². The van der Waals surface area contributed by atoms with Crippen molar-refractivity contribution < 1.29 is 22.9 Å². The Balaban J connectivity index is 2.05. The number of nitrogens with zero attached hydrogens (tertiary/aromatic N) is 2. The monoisotopic (exact) mass is 446 g/mol. The normalized spacial score (nSPS) is 16.8. The van der Waals surface area contributed by atoms with Crippen LogP contribution in [-0.2, 0) is 19.6 Å². The fourth-order valence-electron chi connectivity index (χ4n) is 3.02. The fraction of sp³-hybridized carbons (Fsp3) is 0.529. The van der Waals surface area contributed by atoms with E-state index in [-0.39, 0.29) is 53.4 Å². The summed E-state index contributed by atoms with van der Waals surface area (Å²) in [6, 6.07) is 2.56. The average molecular weight is 447 g/mol. The summed E-state index contributed by atoms with van der Waals surface area (Å²) in [7, 11) is -4.04. The summed E-state index contributed by atoms with van der Waals surface area (Å²) in [6.45, 7) is 3.93. The summed E-state index contributed by atoms with van der Waals surface area (Å²) in [6.07, 6.45) is 0.527. The summed E-state index contributed by atoms with van der Waals surface area (Å²) in [5.74, 6) is -1.03. The molecule has 1 aromatic carbocycles. The molecule has 0 saturated carbocycles. The Bertz CT molecular complexity index is 899. The zero-order chi connectivity index (χ0) is 21.8. The van der Waals surface area contributed by atoms with Gasteiger partial charge in [0.25, 0.3) is 5.69 Å². The van der Waals surface area contributed by atoms with Crippen LogP contribution in [0.4, 0.5) is 5.69 Å². The highest BCUT2D eigenvalue weighted by molar-refractivity contribution is 7.89. The van der Waals surface area contributed by atoms with Crippen molar-refractivity contribution in [2.24, 2.45) is 5.92 Å². The van der Waals surface area contributed by atoms with E-state index in [0.29, 0.717) is 6.54 Å². The molecule has 1 aliphatic rings. The van der Waals surface area contributed by atoms with E-state index in [1.165, 1.54) is 6.07 Å². The molecular formula is C17H23ClN4O6S. The van der Waals surface area contributed by atoms with Crippen LogP contribution in [-0.4, -0.2) is 55.1 Å². The number of nitrogens with one attached hydrogen (secondary N) is 2. The number of halogens is 1. The molecule has 1 atom stereocenters. The van der Waals surface area contributed by atoms with Crippen molar-refractivity contribution in [2.75, 3.05) is 19.6 Å². The molecule has 1 saturated heterocycles. The maximum Gasteiger partial charge on any atom is 0.270 e. The number of amides is 2. The van der Waals surface area contributed by atoms with Gasteiger partial charge in [-0.2, -0.15) is 4.31 Å². The molecule has 0 spiro atoms. The van der Waals surface area contributed by atoms with E-state index in [2.05, 4.69) is 10.6 Å². The number of benzene rings is 1. The van der Waals surface area contributed by atoms with Crippen LogP contribution < -0.4 is 10.6 Å². The number of hydrogen-bond donors (Lipinski definition) is 2. The lowest BCUT2D eigenvalue weighted by Gasteiger charge is -2.31. The van der Waals surface area contributed by atoms with Gasteiger partial charge in [-0.05, 0) is 32.8 Å². The highest BCUT2D eigenvalue weighted by Gasteiger charge is 2.34. The Morgan fingerprint density at radius 1 is 1.34 bits per heavy atom. The highest BCUT2D eigenvalue weighted by atomic mass is 35.5. The Hall–Kier alpha value is -2.24. The summed E-state index contributed by atoms with van der Waals surface area (Å²) in [5.41, 5.74) is -0.374. The number of nitro benzene ring substituents is 1. The first-order valence-corrected chi connectivity index (χ1v) is 10.9. The minimum Gasteiger partial charge on any atom is -0.355 e. The lowest BCUT2D eigenvalue weighted by Crippen LogP contribution is -2.49. The number of likely N-dealkylation sites (N-methyl/N-ethyl adjacent to an activating group) is 1. The molecule has 12 heteroatoms. The number of piperidine rings is 1. The van der Waals surface area contributed by atoms with Gasteiger partial charge in [0.05, 0.1) is 9.95 Å². The number of sulfonamides is 1. The topological polar surface area (TPSA) is 139 Å². The van der Waals surface area contributed by atoms with Crippen molar-refractivity contribution in [1.82, 2.24) is 14.9 Å². The number of carbonyl (C=O) groups is 2. The highest BCUT2D eigenvalue weighted by Crippen LogP contribution is 2.31. The van der Waals surface area contributed by atoms with Crippen LogP contribution in [0.25, 0.3) is 0 Å². The van der Waals surface area contributed by atoms with Gasteiger partial charge < -0.3 is 10.6 Å². The van der Waals surface area contributed by atoms with Crippen molar-refractivity contribution in [3.63, 3.8) is 0 Å². The predicted octanol–water partition coefficient (Wildman–Crippen LogP) is 1.29. The maximum absolute atomic E-state index is 12.9. The first kappa shape index (κ1) is 23.0. The van der Waals surface area contributed by atoms with Crippen LogP contribution in [0, 0.1) is 16.0 Å². The van der Waals surface area contributed by atoms with Gasteiger partial charge >= 0.3 is 0 Å². The second kappa shape index (κ2) is 9.51. The largest absolute Gasteiger partial charge is 0.355 e. The summed E-state index contributed by atoms with van der Waals surface area (Å²) >= 11 is 5.97. The van der Waals surface area contributed by atoms with Gasteiger partial charge in [0.15, 0.2) is 0 Å². The first-order valence-electron chi connectivity index (χ1n) is 9.10. The molecule has 1 fully saturated rings. The predicted molar refractivity (Wildman–Crippen MR) is 106 cm³/mol. The second-order valence-electron chi connectivity index (χ2n) is 6.68. The van der Waals surface area contributed by atoms with Crippen LogP contribution in [0.3, 0.4) is 0 Å².